The van der Waals surface area contributed by atoms with Gasteiger partial charge in [0.05, 0.1) is 12.2 Å². The van der Waals surface area contributed by atoms with Crippen molar-refractivity contribution in [3.63, 3.8) is 0 Å². The highest BCUT2D eigenvalue weighted by molar-refractivity contribution is 5.78. The number of rotatable bonds is 6. The zero-order valence-electron chi connectivity index (χ0n) is 10.3. The summed E-state index contributed by atoms with van der Waals surface area (Å²) in [5.41, 5.74) is -1.34. The molecule has 0 aliphatic rings. The van der Waals surface area contributed by atoms with E-state index in [0.29, 0.717) is 0 Å². The molecule has 0 saturated carbocycles. The van der Waals surface area contributed by atoms with Crippen molar-refractivity contribution in [2.45, 2.75) is 52.2 Å². The lowest BCUT2D eigenvalue weighted by molar-refractivity contribution is -0.186. The lowest BCUT2D eigenvalue weighted by Crippen LogP contribution is -2.44. The molecule has 0 spiro atoms. The second-order valence-electron chi connectivity index (χ2n) is 4.59. The van der Waals surface area contributed by atoms with Gasteiger partial charge < -0.3 is 14.6 Å². The molecular formula is C11H22O4. The Balaban J connectivity index is 4.34. The molecule has 0 fully saturated rings. The van der Waals surface area contributed by atoms with E-state index in [2.05, 4.69) is 0 Å². The first-order chi connectivity index (χ1) is 6.75. The maximum atomic E-state index is 11.6. The van der Waals surface area contributed by atoms with Crippen LogP contribution in [0.3, 0.4) is 0 Å². The fraction of sp³-hybridized carbons (Fsp3) is 0.909. The third-order valence-electron chi connectivity index (χ3n) is 2.20. The van der Waals surface area contributed by atoms with E-state index in [0.717, 1.165) is 6.42 Å². The summed E-state index contributed by atoms with van der Waals surface area (Å²) in [6, 6.07) is 0. The normalized spacial score (nSPS) is 12.7. The molecule has 0 aliphatic heterocycles. The third-order valence-corrected chi connectivity index (χ3v) is 2.20. The minimum atomic E-state index is -0.978. The minimum Gasteiger partial charge on any atom is -0.461 e. The highest BCUT2D eigenvalue weighted by Gasteiger charge is 2.35. The Kier molecular flexibility index (Phi) is 5.24. The van der Waals surface area contributed by atoms with Crippen molar-refractivity contribution in [1.29, 1.82) is 0 Å². The Bertz CT molecular complexity index is 209. The van der Waals surface area contributed by atoms with Crippen molar-refractivity contribution in [3.8, 4) is 0 Å². The maximum Gasteiger partial charge on any atom is 0.337 e. The van der Waals surface area contributed by atoms with E-state index in [1.807, 2.05) is 20.8 Å². The monoisotopic (exact) mass is 218 g/mol. The number of carbonyl (C=O) groups excluding carboxylic acids is 1. The minimum absolute atomic E-state index is 0.0121. The van der Waals surface area contributed by atoms with E-state index in [1.165, 1.54) is 0 Å². The van der Waals surface area contributed by atoms with Gasteiger partial charge in [-0.25, -0.2) is 4.79 Å². The molecule has 0 aromatic rings. The van der Waals surface area contributed by atoms with E-state index in [1.54, 1.807) is 13.8 Å². The molecule has 0 rings (SSSR count). The molecule has 0 aliphatic carbocycles. The Labute approximate surface area is 91.6 Å². The van der Waals surface area contributed by atoms with E-state index in [4.69, 9.17) is 14.6 Å². The molecule has 0 unspecified atom stereocenters. The molecule has 0 aromatic carbocycles. The number of esters is 1. The van der Waals surface area contributed by atoms with Crippen molar-refractivity contribution in [2.24, 2.45) is 0 Å². The number of hydrogen-bond donors (Lipinski definition) is 1. The molecule has 0 saturated heterocycles. The average molecular weight is 218 g/mol. The molecule has 0 bridgehead atoms. The molecule has 4 heteroatoms. The van der Waals surface area contributed by atoms with E-state index < -0.39 is 11.6 Å². The Morgan fingerprint density at radius 1 is 1.27 bits per heavy atom. The molecule has 1 N–H and O–H groups in total. The molecule has 90 valence electrons. The Hall–Kier alpha value is -0.610. The van der Waals surface area contributed by atoms with Crippen LogP contribution in [-0.2, 0) is 14.3 Å². The second kappa shape index (κ2) is 5.47. The zero-order chi connectivity index (χ0) is 12.1. The van der Waals surface area contributed by atoms with Crippen LogP contribution in [0.25, 0.3) is 0 Å². The van der Waals surface area contributed by atoms with Crippen LogP contribution in [0.5, 0.6) is 0 Å². The summed E-state index contributed by atoms with van der Waals surface area (Å²) in [6.45, 7) is 9.03. The van der Waals surface area contributed by atoms with Gasteiger partial charge in [-0.15, -0.1) is 0 Å². The molecule has 0 heterocycles. The summed E-state index contributed by atoms with van der Waals surface area (Å²) in [4.78, 5) is 11.6. The summed E-state index contributed by atoms with van der Waals surface area (Å²) in [5.74, 6) is -0.446. The SMILES string of the molecule is CCC(C)(C)OC(C)(C)C(=O)OCCO. The predicted octanol–water partition coefficient (Wildman–Crippen LogP) is 1.51. The van der Waals surface area contributed by atoms with Crippen molar-refractivity contribution in [1.82, 2.24) is 0 Å². The van der Waals surface area contributed by atoms with Gasteiger partial charge in [0.1, 0.15) is 6.61 Å². The average Bonchev–Trinajstić information content (AvgIpc) is 2.12. The van der Waals surface area contributed by atoms with Crippen LogP contribution >= 0.6 is 0 Å². The van der Waals surface area contributed by atoms with Crippen molar-refractivity contribution in [3.05, 3.63) is 0 Å². The predicted molar refractivity (Wildman–Crippen MR) is 57.6 cm³/mol. The highest BCUT2D eigenvalue weighted by Crippen LogP contribution is 2.23. The van der Waals surface area contributed by atoms with Crippen LogP contribution < -0.4 is 0 Å². The summed E-state index contributed by atoms with van der Waals surface area (Å²) in [6.07, 6.45) is 0.809. The first-order valence-corrected chi connectivity index (χ1v) is 5.23. The number of hydrogen-bond acceptors (Lipinski definition) is 4. The second-order valence-corrected chi connectivity index (χ2v) is 4.59. The quantitative estimate of drug-likeness (QED) is 0.686. The van der Waals surface area contributed by atoms with Crippen LogP contribution in [-0.4, -0.2) is 35.5 Å². The van der Waals surface area contributed by atoms with Gasteiger partial charge in [0.15, 0.2) is 5.60 Å². The maximum absolute atomic E-state index is 11.6. The summed E-state index contributed by atoms with van der Waals surface area (Å²) >= 11 is 0. The molecule has 0 aromatic heterocycles. The molecule has 0 atom stereocenters. The van der Waals surface area contributed by atoms with Crippen LogP contribution in [0.1, 0.15) is 41.0 Å². The van der Waals surface area contributed by atoms with Crippen LogP contribution in [0.2, 0.25) is 0 Å². The summed E-state index contributed by atoms with van der Waals surface area (Å²) < 4.78 is 10.5. The van der Waals surface area contributed by atoms with Gasteiger partial charge >= 0.3 is 5.97 Å². The van der Waals surface area contributed by atoms with Gasteiger partial charge in [0.2, 0.25) is 0 Å². The standard InChI is InChI=1S/C11H22O4/c1-6-10(2,3)15-11(4,5)9(13)14-8-7-12/h12H,6-8H2,1-5H3. The Morgan fingerprint density at radius 3 is 2.20 bits per heavy atom. The number of aliphatic hydroxyl groups excluding tert-OH is 1. The lowest BCUT2D eigenvalue weighted by atomic mass is 10.0. The number of aliphatic hydroxyl groups is 1. The number of carbonyl (C=O) groups is 1. The van der Waals surface area contributed by atoms with Crippen LogP contribution in [0.15, 0.2) is 0 Å². The summed E-state index contributed by atoms with van der Waals surface area (Å²) in [7, 11) is 0. The van der Waals surface area contributed by atoms with Gasteiger partial charge in [-0.05, 0) is 34.1 Å². The van der Waals surface area contributed by atoms with Gasteiger partial charge in [0, 0.05) is 0 Å². The van der Waals surface area contributed by atoms with Crippen molar-refractivity contribution >= 4 is 5.97 Å². The van der Waals surface area contributed by atoms with E-state index in [-0.39, 0.29) is 18.8 Å². The first-order valence-electron chi connectivity index (χ1n) is 5.23. The van der Waals surface area contributed by atoms with E-state index >= 15 is 0 Å². The fourth-order valence-corrected chi connectivity index (χ4v) is 1.12. The largest absolute Gasteiger partial charge is 0.461 e. The van der Waals surface area contributed by atoms with Crippen LogP contribution in [0.4, 0.5) is 0 Å². The van der Waals surface area contributed by atoms with Gasteiger partial charge in [-0.2, -0.15) is 0 Å². The molecular weight excluding hydrogens is 196 g/mol. The molecule has 15 heavy (non-hydrogen) atoms. The van der Waals surface area contributed by atoms with E-state index in [9.17, 15) is 4.79 Å². The zero-order valence-corrected chi connectivity index (χ0v) is 10.3. The topological polar surface area (TPSA) is 55.8 Å². The van der Waals surface area contributed by atoms with Crippen molar-refractivity contribution in [2.75, 3.05) is 13.2 Å². The van der Waals surface area contributed by atoms with Crippen LogP contribution in [0, 0.1) is 0 Å². The van der Waals surface area contributed by atoms with Gasteiger partial charge in [-0.1, -0.05) is 6.92 Å². The Morgan fingerprint density at radius 2 is 1.80 bits per heavy atom. The van der Waals surface area contributed by atoms with Crippen molar-refractivity contribution < 1.29 is 19.4 Å². The summed E-state index contributed by atoms with van der Waals surface area (Å²) in [5, 5.41) is 8.54. The molecule has 4 nitrogen and oxygen atoms in total. The third kappa shape index (κ3) is 5.14. The highest BCUT2D eigenvalue weighted by atomic mass is 16.6. The van der Waals surface area contributed by atoms with Gasteiger partial charge in [0.25, 0.3) is 0 Å². The number of ether oxygens (including phenoxy) is 2. The first kappa shape index (κ1) is 14.4. The molecule has 0 radical (unpaired) electrons. The smallest absolute Gasteiger partial charge is 0.337 e. The molecule has 0 amide bonds. The fourth-order valence-electron chi connectivity index (χ4n) is 1.12. The van der Waals surface area contributed by atoms with Gasteiger partial charge in [-0.3, -0.25) is 0 Å². The lowest BCUT2D eigenvalue weighted by Gasteiger charge is -2.33.